The number of hydrogen-bond donors (Lipinski definition) is 0. The zero-order valence-corrected chi connectivity index (χ0v) is 16.2. The summed E-state index contributed by atoms with van der Waals surface area (Å²) in [6.45, 7) is 0. The molecule has 9 heteroatoms. The highest BCUT2D eigenvalue weighted by atomic mass is 32.2. The number of nitrogens with zero attached hydrogens (tertiary/aromatic N) is 1. The molecule has 3 rings (SSSR count). The van der Waals surface area contributed by atoms with Crippen LogP contribution in [0.15, 0.2) is 23.1 Å². The van der Waals surface area contributed by atoms with Crippen LogP contribution in [0, 0.1) is 0 Å². The lowest BCUT2D eigenvalue weighted by Crippen LogP contribution is -2.39. The van der Waals surface area contributed by atoms with Gasteiger partial charge in [0.1, 0.15) is 4.32 Å². The van der Waals surface area contributed by atoms with E-state index >= 15 is 0 Å². The van der Waals surface area contributed by atoms with Gasteiger partial charge in [-0.1, -0.05) is 30.0 Å². The van der Waals surface area contributed by atoms with Crippen LogP contribution in [0.5, 0.6) is 11.5 Å². The van der Waals surface area contributed by atoms with Gasteiger partial charge >= 0.3 is 0 Å². The number of benzene rings is 1. The molecule has 0 radical (unpaired) electrons. The van der Waals surface area contributed by atoms with Crippen molar-refractivity contribution in [2.75, 3.05) is 25.7 Å². The number of methoxy groups -OCH3 is 2. The first-order valence-corrected chi connectivity index (χ1v) is 10.6. The lowest BCUT2D eigenvalue weighted by molar-refractivity contribution is -0.123. The summed E-state index contributed by atoms with van der Waals surface area (Å²) in [4.78, 5) is 14.6. The Morgan fingerprint density at radius 2 is 2.00 bits per heavy atom. The topological polar surface area (TPSA) is 72.9 Å². The molecule has 1 aromatic rings. The van der Waals surface area contributed by atoms with Gasteiger partial charge in [-0.3, -0.25) is 9.69 Å². The molecule has 25 heavy (non-hydrogen) atoms. The van der Waals surface area contributed by atoms with Gasteiger partial charge in [0.05, 0.1) is 36.7 Å². The van der Waals surface area contributed by atoms with Gasteiger partial charge in [-0.25, -0.2) is 8.42 Å². The molecule has 0 aromatic heterocycles. The summed E-state index contributed by atoms with van der Waals surface area (Å²) < 4.78 is 34.2. The van der Waals surface area contributed by atoms with Crippen molar-refractivity contribution in [2.24, 2.45) is 0 Å². The molecule has 2 fully saturated rings. The Labute approximate surface area is 156 Å². The van der Waals surface area contributed by atoms with Crippen molar-refractivity contribution in [3.8, 4) is 11.5 Å². The molecule has 2 heterocycles. The van der Waals surface area contributed by atoms with Gasteiger partial charge in [-0.05, 0) is 30.2 Å². The molecule has 1 aromatic carbocycles. The number of ether oxygens (including phenoxy) is 2. The van der Waals surface area contributed by atoms with Gasteiger partial charge in [0.25, 0.3) is 5.91 Å². The van der Waals surface area contributed by atoms with E-state index in [9.17, 15) is 13.2 Å². The number of rotatable bonds is 4. The maximum absolute atomic E-state index is 12.7. The maximum Gasteiger partial charge on any atom is 0.266 e. The summed E-state index contributed by atoms with van der Waals surface area (Å²) in [5.41, 5.74) is 0.775. The molecular weight excluding hydrogens is 382 g/mol. The predicted molar refractivity (Wildman–Crippen MR) is 102 cm³/mol. The van der Waals surface area contributed by atoms with E-state index in [0.717, 1.165) is 5.56 Å². The van der Waals surface area contributed by atoms with Crippen LogP contribution in [0.25, 0.3) is 6.08 Å². The van der Waals surface area contributed by atoms with Crippen molar-refractivity contribution < 1.29 is 22.7 Å². The van der Waals surface area contributed by atoms with E-state index in [0.29, 0.717) is 27.1 Å². The second-order valence-electron chi connectivity index (χ2n) is 5.72. The number of sulfone groups is 1. The Bertz CT molecular complexity index is 863. The number of thiocarbonyl (C=S) groups is 1. The van der Waals surface area contributed by atoms with Crippen LogP contribution in [0.2, 0.25) is 0 Å². The van der Waals surface area contributed by atoms with E-state index in [4.69, 9.17) is 21.7 Å². The summed E-state index contributed by atoms with van der Waals surface area (Å²) in [7, 11) is 0.0117. The highest BCUT2D eigenvalue weighted by Crippen LogP contribution is 2.37. The summed E-state index contributed by atoms with van der Waals surface area (Å²) in [6, 6.07) is 4.97. The Balaban J connectivity index is 1.86. The standard InChI is InChI=1S/C16H17NO5S3/c1-21-12-4-3-10(7-13(12)22-2)8-14-15(18)17(16(23)24-14)11-5-6-25(19,20)9-11/h3-4,7-8,11H,5-6,9H2,1-2H3/b14-8-/t11-/m0/s1. The number of amides is 1. The molecule has 2 aliphatic heterocycles. The van der Waals surface area contributed by atoms with Crippen molar-refractivity contribution in [1.29, 1.82) is 0 Å². The average molecular weight is 400 g/mol. The fraction of sp³-hybridized carbons (Fsp3) is 0.375. The highest BCUT2D eigenvalue weighted by molar-refractivity contribution is 8.26. The third kappa shape index (κ3) is 3.68. The Morgan fingerprint density at radius 1 is 1.28 bits per heavy atom. The van der Waals surface area contributed by atoms with Crippen LogP contribution < -0.4 is 9.47 Å². The monoisotopic (exact) mass is 399 g/mol. The molecule has 0 N–H and O–H groups in total. The Morgan fingerprint density at radius 3 is 2.60 bits per heavy atom. The normalized spacial score (nSPS) is 24.2. The molecule has 134 valence electrons. The summed E-state index contributed by atoms with van der Waals surface area (Å²) in [5.74, 6) is 0.996. The summed E-state index contributed by atoms with van der Waals surface area (Å²) >= 11 is 6.49. The minimum atomic E-state index is -3.09. The molecule has 6 nitrogen and oxygen atoms in total. The van der Waals surface area contributed by atoms with Crippen LogP contribution in [0.4, 0.5) is 0 Å². The third-order valence-corrected chi connectivity index (χ3v) is 7.18. The zero-order valence-electron chi connectivity index (χ0n) is 13.7. The number of hydrogen-bond acceptors (Lipinski definition) is 7. The molecule has 0 unspecified atom stereocenters. The highest BCUT2D eigenvalue weighted by Gasteiger charge is 2.42. The van der Waals surface area contributed by atoms with Crippen LogP contribution in [-0.2, 0) is 14.6 Å². The third-order valence-electron chi connectivity index (χ3n) is 4.10. The van der Waals surface area contributed by atoms with Gasteiger partial charge in [0.2, 0.25) is 0 Å². The largest absolute Gasteiger partial charge is 0.493 e. The molecule has 2 aliphatic rings. The average Bonchev–Trinajstić information content (AvgIpc) is 3.06. The number of carbonyl (C=O) groups excluding carboxylic acids is 1. The van der Waals surface area contributed by atoms with Crippen molar-refractivity contribution >= 4 is 50.1 Å². The fourth-order valence-corrected chi connectivity index (χ4v) is 5.97. The van der Waals surface area contributed by atoms with Gasteiger partial charge in [0, 0.05) is 0 Å². The quantitative estimate of drug-likeness (QED) is 0.567. The number of carbonyl (C=O) groups is 1. The molecule has 0 bridgehead atoms. The molecule has 0 saturated carbocycles. The predicted octanol–water partition coefficient (Wildman–Crippen LogP) is 2.09. The van der Waals surface area contributed by atoms with Gasteiger partial charge < -0.3 is 9.47 Å². The van der Waals surface area contributed by atoms with E-state index in [2.05, 4.69) is 0 Å². The van der Waals surface area contributed by atoms with Crippen molar-refractivity contribution in [1.82, 2.24) is 4.90 Å². The molecule has 2 saturated heterocycles. The van der Waals surface area contributed by atoms with E-state index in [1.807, 2.05) is 6.07 Å². The van der Waals surface area contributed by atoms with Gasteiger partial charge in [-0.2, -0.15) is 0 Å². The van der Waals surface area contributed by atoms with Crippen LogP contribution >= 0.6 is 24.0 Å². The van der Waals surface area contributed by atoms with Gasteiger partial charge in [0.15, 0.2) is 21.3 Å². The second-order valence-corrected chi connectivity index (χ2v) is 9.63. The lowest BCUT2D eigenvalue weighted by atomic mass is 10.1. The van der Waals surface area contributed by atoms with Crippen LogP contribution in [0.1, 0.15) is 12.0 Å². The van der Waals surface area contributed by atoms with E-state index in [1.54, 1.807) is 32.4 Å². The van der Waals surface area contributed by atoms with Gasteiger partial charge in [-0.15, -0.1) is 0 Å². The Kier molecular flexibility index (Phi) is 5.08. The molecular formula is C16H17NO5S3. The smallest absolute Gasteiger partial charge is 0.266 e. The molecule has 1 atom stereocenters. The summed E-state index contributed by atoms with van der Waals surface area (Å²) in [5, 5.41) is 0. The minimum Gasteiger partial charge on any atom is -0.493 e. The second kappa shape index (κ2) is 6.97. The summed E-state index contributed by atoms with van der Waals surface area (Å²) in [6.07, 6.45) is 2.16. The van der Waals surface area contributed by atoms with Crippen LogP contribution in [-0.4, -0.2) is 55.3 Å². The fourth-order valence-electron chi connectivity index (χ4n) is 2.87. The van der Waals surface area contributed by atoms with Crippen molar-refractivity contribution in [2.45, 2.75) is 12.5 Å². The van der Waals surface area contributed by atoms with Crippen molar-refractivity contribution in [3.63, 3.8) is 0 Å². The van der Waals surface area contributed by atoms with E-state index < -0.39 is 9.84 Å². The molecule has 1 amide bonds. The number of thioether (sulfide) groups is 1. The first-order chi connectivity index (χ1) is 11.8. The maximum atomic E-state index is 12.7. The molecule has 0 aliphatic carbocycles. The SMILES string of the molecule is COc1ccc(/C=C2\SC(=S)N([C@H]3CCS(=O)(=O)C3)C2=O)cc1OC. The van der Waals surface area contributed by atoms with E-state index in [-0.39, 0.29) is 23.5 Å². The zero-order chi connectivity index (χ0) is 18.2. The minimum absolute atomic E-state index is 0.0247. The van der Waals surface area contributed by atoms with E-state index in [1.165, 1.54) is 16.7 Å². The molecule has 0 spiro atoms. The van der Waals surface area contributed by atoms with Crippen LogP contribution in [0.3, 0.4) is 0 Å². The Hall–Kier alpha value is -1.58. The first-order valence-electron chi connectivity index (χ1n) is 7.54. The first kappa shape index (κ1) is 18.2. The van der Waals surface area contributed by atoms with Crippen molar-refractivity contribution in [3.05, 3.63) is 28.7 Å². The lowest BCUT2D eigenvalue weighted by Gasteiger charge is -2.20.